The molecule has 0 spiro atoms. The van der Waals surface area contributed by atoms with Crippen molar-refractivity contribution in [3.05, 3.63) is 59.9 Å². The SMILES string of the molecule is CC(NC(=N)N)c1ccc(C(=O)Nc2ccnc3[nH]ccc23)cc1. The Labute approximate surface area is 138 Å². The molecule has 0 fully saturated rings. The summed E-state index contributed by atoms with van der Waals surface area (Å²) in [5.41, 5.74) is 8.26. The van der Waals surface area contributed by atoms with Crippen molar-refractivity contribution < 1.29 is 4.79 Å². The molecule has 3 rings (SSSR count). The highest BCUT2D eigenvalue weighted by Crippen LogP contribution is 2.21. The Kier molecular flexibility index (Phi) is 4.15. The van der Waals surface area contributed by atoms with Crippen LogP contribution in [0.2, 0.25) is 0 Å². The number of aromatic nitrogens is 2. The Morgan fingerprint density at radius 3 is 2.71 bits per heavy atom. The molecule has 7 nitrogen and oxygen atoms in total. The fraction of sp³-hybridized carbons (Fsp3) is 0.118. The van der Waals surface area contributed by atoms with E-state index in [9.17, 15) is 4.79 Å². The van der Waals surface area contributed by atoms with E-state index in [4.69, 9.17) is 11.1 Å². The Morgan fingerprint density at radius 2 is 2.00 bits per heavy atom. The van der Waals surface area contributed by atoms with Gasteiger partial charge in [-0.3, -0.25) is 10.2 Å². The number of carbonyl (C=O) groups is 1. The summed E-state index contributed by atoms with van der Waals surface area (Å²) in [6.07, 6.45) is 3.43. The number of rotatable bonds is 4. The third-order valence-electron chi connectivity index (χ3n) is 3.75. The summed E-state index contributed by atoms with van der Waals surface area (Å²) in [6, 6.07) is 10.7. The van der Waals surface area contributed by atoms with Gasteiger partial charge in [-0.25, -0.2) is 4.98 Å². The molecule has 6 N–H and O–H groups in total. The van der Waals surface area contributed by atoms with Crippen molar-refractivity contribution in [3.8, 4) is 0 Å². The van der Waals surface area contributed by atoms with Crippen LogP contribution in [-0.2, 0) is 0 Å². The summed E-state index contributed by atoms with van der Waals surface area (Å²) in [7, 11) is 0. The highest BCUT2D eigenvalue weighted by atomic mass is 16.1. The normalized spacial score (nSPS) is 11.9. The van der Waals surface area contributed by atoms with Gasteiger partial charge in [-0.1, -0.05) is 12.1 Å². The zero-order valence-corrected chi connectivity index (χ0v) is 13.1. The monoisotopic (exact) mass is 322 g/mol. The van der Waals surface area contributed by atoms with Gasteiger partial charge in [0.05, 0.1) is 11.7 Å². The minimum atomic E-state index is -0.192. The average Bonchev–Trinajstić information content (AvgIpc) is 3.04. The third-order valence-corrected chi connectivity index (χ3v) is 3.75. The molecule has 1 unspecified atom stereocenters. The van der Waals surface area contributed by atoms with Crippen molar-refractivity contribution in [2.45, 2.75) is 13.0 Å². The van der Waals surface area contributed by atoms with E-state index in [1.54, 1.807) is 30.6 Å². The molecular weight excluding hydrogens is 304 g/mol. The summed E-state index contributed by atoms with van der Waals surface area (Å²) >= 11 is 0. The molecule has 24 heavy (non-hydrogen) atoms. The number of H-pyrrole nitrogens is 1. The van der Waals surface area contributed by atoms with E-state index in [2.05, 4.69) is 20.6 Å². The van der Waals surface area contributed by atoms with Crippen molar-refractivity contribution in [3.63, 3.8) is 0 Å². The minimum Gasteiger partial charge on any atom is -0.370 e. The number of nitrogens with zero attached hydrogens (tertiary/aromatic N) is 1. The maximum atomic E-state index is 12.4. The van der Waals surface area contributed by atoms with Crippen LogP contribution in [0.15, 0.2) is 48.8 Å². The van der Waals surface area contributed by atoms with Crippen LogP contribution in [0, 0.1) is 5.41 Å². The lowest BCUT2D eigenvalue weighted by Gasteiger charge is -2.14. The molecule has 1 atom stereocenters. The van der Waals surface area contributed by atoms with E-state index in [1.807, 2.05) is 25.1 Å². The van der Waals surface area contributed by atoms with Gasteiger partial charge < -0.3 is 21.4 Å². The van der Waals surface area contributed by atoms with E-state index in [1.165, 1.54) is 0 Å². The molecule has 3 aromatic rings. The van der Waals surface area contributed by atoms with Crippen LogP contribution in [0.5, 0.6) is 0 Å². The Balaban J connectivity index is 1.76. The molecule has 2 aromatic heterocycles. The standard InChI is InChI=1S/C17H18N6O/c1-10(22-17(18)19)11-2-4-12(5-3-11)16(24)23-14-7-9-21-15-13(14)6-8-20-15/h2-10H,1H3,(H4,18,19,22)(H2,20,21,23,24). The zero-order valence-electron chi connectivity index (χ0n) is 13.1. The largest absolute Gasteiger partial charge is 0.370 e. The molecule has 2 heterocycles. The lowest BCUT2D eigenvalue weighted by molar-refractivity contribution is 0.102. The summed E-state index contributed by atoms with van der Waals surface area (Å²) in [6.45, 7) is 1.90. The number of nitrogens with two attached hydrogens (primary N) is 1. The van der Waals surface area contributed by atoms with Gasteiger partial charge in [-0.05, 0) is 36.8 Å². The minimum absolute atomic E-state index is 0.0856. The van der Waals surface area contributed by atoms with Gasteiger partial charge in [-0.2, -0.15) is 0 Å². The average molecular weight is 322 g/mol. The summed E-state index contributed by atoms with van der Waals surface area (Å²) in [5.74, 6) is -0.278. The molecule has 0 aliphatic heterocycles. The topological polar surface area (TPSA) is 120 Å². The van der Waals surface area contributed by atoms with Gasteiger partial charge in [-0.15, -0.1) is 0 Å². The number of hydrogen-bond acceptors (Lipinski definition) is 3. The molecule has 1 aromatic carbocycles. The first-order valence-electron chi connectivity index (χ1n) is 7.48. The Bertz CT molecular complexity index is 883. The highest BCUT2D eigenvalue weighted by molar-refractivity contribution is 6.08. The second-order valence-electron chi connectivity index (χ2n) is 5.45. The molecule has 0 bridgehead atoms. The van der Waals surface area contributed by atoms with Crippen molar-refractivity contribution >= 4 is 28.6 Å². The van der Waals surface area contributed by atoms with Crippen LogP contribution in [0.1, 0.15) is 28.9 Å². The Hall–Kier alpha value is -3.35. The molecule has 0 saturated carbocycles. The molecule has 1 amide bonds. The summed E-state index contributed by atoms with van der Waals surface area (Å²) in [4.78, 5) is 19.6. The number of hydrogen-bond donors (Lipinski definition) is 5. The molecule has 0 saturated heterocycles. The number of nitrogens with one attached hydrogen (secondary N) is 4. The first-order valence-corrected chi connectivity index (χ1v) is 7.48. The molecule has 7 heteroatoms. The third kappa shape index (κ3) is 3.19. The first kappa shape index (κ1) is 15.5. The number of pyridine rings is 1. The summed E-state index contributed by atoms with van der Waals surface area (Å²) < 4.78 is 0. The number of benzene rings is 1. The van der Waals surface area contributed by atoms with Crippen molar-refractivity contribution in [2.24, 2.45) is 5.73 Å². The number of fused-ring (bicyclic) bond motifs is 1. The van der Waals surface area contributed by atoms with E-state index in [0.717, 1.165) is 16.6 Å². The summed E-state index contributed by atoms with van der Waals surface area (Å²) in [5, 5.41) is 13.8. The Morgan fingerprint density at radius 1 is 1.25 bits per heavy atom. The van der Waals surface area contributed by atoms with Gasteiger partial charge in [0.25, 0.3) is 5.91 Å². The van der Waals surface area contributed by atoms with Crippen LogP contribution in [0.4, 0.5) is 5.69 Å². The van der Waals surface area contributed by atoms with Crippen LogP contribution in [0.3, 0.4) is 0 Å². The van der Waals surface area contributed by atoms with E-state index in [0.29, 0.717) is 11.3 Å². The van der Waals surface area contributed by atoms with Gasteiger partial charge >= 0.3 is 0 Å². The second-order valence-corrected chi connectivity index (χ2v) is 5.45. The molecule has 0 aliphatic rings. The van der Waals surface area contributed by atoms with Crippen LogP contribution < -0.4 is 16.4 Å². The van der Waals surface area contributed by atoms with Crippen molar-refractivity contribution in [1.29, 1.82) is 5.41 Å². The molecule has 0 radical (unpaired) electrons. The fourth-order valence-electron chi connectivity index (χ4n) is 2.50. The van der Waals surface area contributed by atoms with Gasteiger partial charge in [0, 0.05) is 23.3 Å². The number of amides is 1. The van der Waals surface area contributed by atoms with Gasteiger partial charge in [0.2, 0.25) is 0 Å². The zero-order chi connectivity index (χ0) is 17.1. The van der Waals surface area contributed by atoms with Gasteiger partial charge in [0.15, 0.2) is 5.96 Å². The van der Waals surface area contributed by atoms with Crippen molar-refractivity contribution in [1.82, 2.24) is 15.3 Å². The lowest BCUT2D eigenvalue weighted by Crippen LogP contribution is -2.32. The number of carbonyl (C=O) groups excluding carboxylic acids is 1. The smallest absolute Gasteiger partial charge is 0.255 e. The molecule has 122 valence electrons. The number of anilines is 1. The highest BCUT2D eigenvalue weighted by Gasteiger charge is 2.11. The van der Waals surface area contributed by atoms with Crippen LogP contribution in [0.25, 0.3) is 11.0 Å². The predicted molar refractivity (Wildman–Crippen MR) is 94.0 cm³/mol. The van der Waals surface area contributed by atoms with Crippen LogP contribution >= 0.6 is 0 Å². The maximum Gasteiger partial charge on any atom is 0.255 e. The van der Waals surface area contributed by atoms with Crippen LogP contribution in [-0.4, -0.2) is 21.8 Å². The van der Waals surface area contributed by atoms with E-state index < -0.39 is 0 Å². The number of guanidine groups is 1. The first-order chi connectivity index (χ1) is 11.5. The molecular formula is C17H18N6O. The quantitative estimate of drug-likeness (QED) is 0.374. The lowest BCUT2D eigenvalue weighted by atomic mass is 10.1. The predicted octanol–water partition coefficient (Wildman–Crippen LogP) is 2.36. The second kappa shape index (κ2) is 6.41. The van der Waals surface area contributed by atoms with Gasteiger partial charge in [0.1, 0.15) is 5.65 Å². The molecule has 0 aliphatic carbocycles. The fourth-order valence-corrected chi connectivity index (χ4v) is 2.50. The maximum absolute atomic E-state index is 12.4. The van der Waals surface area contributed by atoms with Crippen molar-refractivity contribution in [2.75, 3.05) is 5.32 Å². The van der Waals surface area contributed by atoms with E-state index in [-0.39, 0.29) is 17.9 Å². The number of aromatic amines is 1. The van der Waals surface area contributed by atoms with E-state index >= 15 is 0 Å².